The third-order valence-corrected chi connectivity index (χ3v) is 10.2. The highest BCUT2D eigenvalue weighted by Gasteiger charge is 2.27. The summed E-state index contributed by atoms with van der Waals surface area (Å²) < 4.78 is 34.2. The number of phosphoric ester groups is 1. The fourth-order valence-corrected chi connectivity index (χ4v) is 6.55. The van der Waals surface area contributed by atoms with Gasteiger partial charge in [-0.25, -0.2) is 4.57 Å². The van der Waals surface area contributed by atoms with Crippen LogP contribution in [0.15, 0.2) is 24.3 Å². The molecule has 0 rings (SSSR count). The zero-order valence-electron chi connectivity index (χ0n) is 35.0. The average molecular weight is 773 g/mol. The van der Waals surface area contributed by atoms with Gasteiger partial charge in [0.25, 0.3) is 0 Å². The van der Waals surface area contributed by atoms with Crippen LogP contribution in [-0.4, -0.2) is 74.9 Å². The molecule has 0 saturated heterocycles. The summed E-state index contributed by atoms with van der Waals surface area (Å²) in [7, 11) is 1.47. The van der Waals surface area contributed by atoms with E-state index in [0.717, 1.165) is 51.4 Å². The van der Waals surface area contributed by atoms with E-state index in [0.29, 0.717) is 23.9 Å². The number of likely N-dealkylation sites (N-methyl/N-ethyl adjacent to an activating group) is 1. The first-order chi connectivity index (χ1) is 25.5. The van der Waals surface area contributed by atoms with Crippen molar-refractivity contribution < 1.29 is 42.1 Å². The van der Waals surface area contributed by atoms with Crippen LogP contribution in [0.1, 0.15) is 187 Å². The topological polar surface area (TPSA) is 108 Å². The fraction of sp³-hybridized carbons (Fsp3) is 0.860. The van der Waals surface area contributed by atoms with E-state index in [2.05, 4.69) is 38.2 Å². The predicted molar refractivity (Wildman–Crippen MR) is 220 cm³/mol. The molecule has 0 amide bonds. The van der Waals surface area contributed by atoms with Gasteiger partial charge in [-0.05, 0) is 44.9 Å². The summed E-state index contributed by atoms with van der Waals surface area (Å²) >= 11 is 0. The number of allylic oxidation sites excluding steroid dienone is 4. The molecule has 1 N–H and O–H groups in total. The van der Waals surface area contributed by atoms with Gasteiger partial charge in [-0.2, -0.15) is 0 Å². The van der Waals surface area contributed by atoms with Crippen LogP contribution in [0.5, 0.6) is 0 Å². The molecular weight excluding hydrogens is 689 g/mol. The summed E-state index contributed by atoms with van der Waals surface area (Å²) in [6.07, 6.45) is 37.9. The van der Waals surface area contributed by atoms with Gasteiger partial charge in [0.2, 0.25) is 0 Å². The van der Waals surface area contributed by atoms with Crippen molar-refractivity contribution in [1.29, 1.82) is 0 Å². The van der Waals surface area contributed by atoms with Crippen molar-refractivity contribution >= 4 is 19.8 Å². The van der Waals surface area contributed by atoms with E-state index in [1.807, 2.05) is 21.1 Å². The maximum atomic E-state index is 12.7. The molecule has 0 aromatic heterocycles. The maximum absolute atomic E-state index is 12.7. The molecule has 0 saturated carbocycles. The number of rotatable bonds is 39. The molecule has 0 spiro atoms. The van der Waals surface area contributed by atoms with Crippen LogP contribution >= 0.6 is 7.82 Å². The number of unbranched alkanes of at least 4 members (excludes halogenated alkanes) is 21. The van der Waals surface area contributed by atoms with Gasteiger partial charge >= 0.3 is 19.8 Å². The molecule has 53 heavy (non-hydrogen) atoms. The summed E-state index contributed by atoms with van der Waals surface area (Å²) in [5, 5.41) is 0. The molecule has 0 fully saturated rings. The standard InChI is InChI=1S/C43H82NO8P/c1-6-8-10-12-14-16-18-19-20-21-22-23-24-26-28-30-32-34-36-43(46)52-41(40-51-53(47,48)50-38-37-44(3,4)5)39-49-42(45)35-33-31-29-27-25-17-15-13-11-9-7-2/h16,18,20-21,41H,6-15,17,19,22-40H2,1-5H3/p+1/b18-16-,21-20-. The van der Waals surface area contributed by atoms with Crippen molar-refractivity contribution in [3.05, 3.63) is 24.3 Å². The number of carbonyl (C=O) groups is 2. The van der Waals surface area contributed by atoms with E-state index >= 15 is 0 Å². The average Bonchev–Trinajstić information content (AvgIpc) is 3.10. The second-order valence-electron chi connectivity index (χ2n) is 15.7. The van der Waals surface area contributed by atoms with Gasteiger partial charge in [0, 0.05) is 12.8 Å². The number of hydrogen-bond donors (Lipinski definition) is 1. The van der Waals surface area contributed by atoms with Crippen LogP contribution in [0, 0.1) is 0 Å². The molecule has 0 heterocycles. The van der Waals surface area contributed by atoms with Crippen LogP contribution in [0.2, 0.25) is 0 Å². The van der Waals surface area contributed by atoms with Crippen molar-refractivity contribution in [2.75, 3.05) is 47.5 Å². The molecule has 2 unspecified atom stereocenters. The molecular formula is C43H83NO8P+. The minimum Gasteiger partial charge on any atom is -0.462 e. The van der Waals surface area contributed by atoms with E-state index < -0.39 is 26.5 Å². The van der Waals surface area contributed by atoms with Crippen LogP contribution in [0.4, 0.5) is 0 Å². The number of esters is 2. The number of hydrogen-bond acceptors (Lipinski definition) is 7. The van der Waals surface area contributed by atoms with Gasteiger partial charge in [0.05, 0.1) is 27.7 Å². The first kappa shape index (κ1) is 51.5. The lowest BCUT2D eigenvalue weighted by molar-refractivity contribution is -0.870. The van der Waals surface area contributed by atoms with Crippen LogP contribution in [0.3, 0.4) is 0 Å². The molecule has 2 atom stereocenters. The molecule has 9 nitrogen and oxygen atoms in total. The van der Waals surface area contributed by atoms with Crippen molar-refractivity contribution in [2.45, 2.75) is 193 Å². The smallest absolute Gasteiger partial charge is 0.462 e. The molecule has 0 aromatic carbocycles. The van der Waals surface area contributed by atoms with Crippen LogP contribution < -0.4 is 0 Å². The molecule has 0 bridgehead atoms. The van der Waals surface area contributed by atoms with E-state index in [1.54, 1.807) is 0 Å². The Morgan fingerprint density at radius 1 is 0.585 bits per heavy atom. The zero-order valence-corrected chi connectivity index (χ0v) is 35.9. The Morgan fingerprint density at radius 3 is 1.51 bits per heavy atom. The highest BCUT2D eigenvalue weighted by Crippen LogP contribution is 2.43. The molecule has 0 aliphatic rings. The lowest BCUT2D eigenvalue weighted by Crippen LogP contribution is -2.37. The van der Waals surface area contributed by atoms with E-state index in [1.165, 1.54) is 103 Å². The summed E-state index contributed by atoms with van der Waals surface area (Å²) in [6.45, 7) is 4.39. The van der Waals surface area contributed by atoms with E-state index in [4.69, 9.17) is 18.5 Å². The zero-order chi connectivity index (χ0) is 39.3. The highest BCUT2D eigenvalue weighted by atomic mass is 31.2. The Hall–Kier alpha value is -1.51. The molecule has 0 aromatic rings. The van der Waals surface area contributed by atoms with Crippen molar-refractivity contribution in [3.8, 4) is 0 Å². The predicted octanol–water partition coefficient (Wildman–Crippen LogP) is 12.0. The molecule has 10 heteroatoms. The second-order valence-corrected chi connectivity index (χ2v) is 17.2. The van der Waals surface area contributed by atoms with Gasteiger partial charge < -0.3 is 18.9 Å². The fourth-order valence-electron chi connectivity index (χ4n) is 5.81. The number of nitrogens with zero attached hydrogens (tertiary/aromatic N) is 1. The summed E-state index contributed by atoms with van der Waals surface area (Å²) in [5.41, 5.74) is 0. The molecule has 0 aliphatic heterocycles. The Labute approximate surface area is 326 Å². The lowest BCUT2D eigenvalue weighted by Gasteiger charge is -2.24. The van der Waals surface area contributed by atoms with Gasteiger partial charge in [-0.1, -0.05) is 154 Å². The van der Waals surface area contributed by atoms with E-state index in [9.17, 15) is 19.0 Å². The van der Waals surface area contributed by atoms with Gasteiger partial charge in [0.15, 0.2) is 6.10 Å². The van der Waals surface area contributed by atoms with Gasteiger partial charge in [0.1, 0.15) is 19.8 Å². The van der Waals surface area contributed by atoms with Crippen molar-refractivity contribution in [2.24, 2.45) is 0 Å². The monoisotopic (exact) mass is 773 g/mol. The SMILES string of the molecule is CCCCCC/C=C\C/C=C\CCCCCCCCCC(=O)OC(COC(=O)CCCCCCCCCCCCC)COP(=O)(O)OCC[N+](C)(C)C. The van der Waals surface area contributed by atoms with Crippen LogP contribution in [-0.2, 0) is 32.7 Å². The Kier molecular flexibility index (Phi) is 35.1. The van der Waals surface area contributed by atoms with Crippen LogP contribution in [0.25, 0.3) is 0 Å². The minimum atomic E-state index is -4.37. The first-order valence-corrected chi connectivity index (χ1v) is 23.1. The molecule has 0 radical (unpaired) electrons. The maximum Gasteiger partial charge on any atom is 0.472 e. The molecule has 0 aliphatic carbocycles. The Bertz CT molecular complexity index is 964. The largest absolute Gasteiger partial charge is 0.472 e. The van der Waals surface area contributed by atoms with Gasteiger partial charge in [-0.3, -0.25) is 18.6 Å². The lowest BCUT2D eigenvalue weighted by atomic mass is 10.1. The first-order valence-electron chi connectivity index (χ1n) is 21.6. The third-order valence-electron chi connectivity index (χ3n) is 9.23. The number of ether oxygens (including phenoxy) is 2. The summed E-state index contributed by atoms with van der Waals surface area (Å²) in [5.74, 6) is -0.804. The summed E-state index contributed by atoms with van der Waals surface area (Å²) in [6, 6.07) is 0. The third kappa shape index (κ3) is 40.0. The number of carbonyl (C=O) groups excluding carboxylic acids is 2. The Balaban J connectivity index is 4.35. The summed E-state index contributed by atoms with van der Waals surface area (Å²) in [4.78, 5) is 35.3. The highest BCUT2D eigenvalue weighted by molar-refractivity contribution is 7.47. The van der Waals surface area contributed by atoms with Crippen molar-refractivity contribution in [1.82, 2.24) is 0 Å². The van der Waals surface area contributed by atoms with E-state index in [-0.39, 0.29) is 25.6 Å². The molecule has 312 valence electrons. The van der Waals surface area contributed by atoms with Crippen molar-refractivity contribution in [3.63, 3.8) is 0 Å². The number of phosphoric acid groups is 1. The quantitative estimate of drug-likeness (QED) is 0.0216. The Morgan fingerprint density at radius 2 is 1.02 bits per heavy atom. The van der Waals surface area contributed by atoms with Gasteiger partial charge in [-0.15, -0.1) is 0 Å². The second kappa shape index (κ2) is 36.1. The number of quaternary nitrogens is 1. The minimum absolute atomic E-state index is 0.0316. The normalized spacial score (nSPS) is 13.8.